The first-order valence-corrected chi connectivity index (χ1v) is 4.90. The van der Waals surface area contributed by atoms with Crippen LogP contribution >= 0.6 is 0 Å². The lowest BCUT2D eigenvalue weighted by Gasteiger charge is -2.41. The van der Waals surface area contributed by atoms with Crippen molar-refractivity contribution in [3.05, 3.63) is 0 Å². The zero-order chi connectivity index (χ0) is 8.43. The summed E-state index contributed by atoms with van der Waals surface area (Å²) >= 11 is 0. The molecule has 0 spiro atoms. The summed E-state index contributed by atoms with van der Waals surface area (Å²) in [6, 6.07) is 2.33. The van der Waals surface area contributed by atoms with Crippen LogP contribution in [0.25, 0.3) is 0 Å². The second-order valence-electron chi connectivity index (χ2n) is 4.17. The first-order valence-electron chi connectivity index (χ1n) is 4.90. The highest BCUT2D eigenvalue weighted by Crippen LogP contribution is 2.24. The summed E-state index contributed by atoms with van der Waals surface area (Å²) in [6.45, 7) is 9.32. The number of hydrogen-bond donors (Lipinski definition) is 0. The van der Waals surface area contributed by atoms with Gasteiger partial charge in [-0.25, -0.2) is 0 Å². The zero-order valence-electron chi connectivity index (χ0n) is 8.30. The maximum Gasteiger partial charge on any atom is 0.00724 e. The van der Waals surface area contributed by atoms with E-state index in [1.54, 1.807) is 0 Å². The first-order chi connectivity index (χ1) is 5.13. The Kier molecular flexibility index (Phi) is 2.94. The van der Waals surface area contributed by atoms with Crippen molar-refractivity contribution in [1.29, 1.82) is 0 Å². The van der Waals surface area contributed by atoms with Crippen LogP contribution in [0.1, 0.15) is 47.0 Å². The molecule has 1 saturated heterocycles. The zero-order valence-corrected chi connectivity index (χ0v) is 8.30. The fourth-order valence-corrected chi connectivity index (χ4v) is 2.46. The summed E-state index contributed by atoms with van der Waals surface area (Å²) in [5, 5.41) is 0. The maximum atomic E-state index is 2.64. The minimum absolute atomic E-state index is 0.722. The van der Waals surface area contributed by atoms with Crippen molar-refractivity contribution in [2.75, 3.05) is 0 Å². The lowest BCUT2D eigenvalue weighted by molar-refractivity contribution is 0.0705. The van der Waals surface area contributed by atoms with Crippen LogP contribution in [-0.4, -0.2) is 23.0 Å². The molecular formula is C10H21N. The van der Waals surface area contributed by atoms with E-state index < -0.39 is 0 Å². The van der Waals surface area contributed by atoms with Crippen LogP contribution < -0.4 is 0 Å². The van der Waals surface area contributed by atoms with Gasteiger partial charge < -0.3 is 0 Å². The molecule has 1 rings (SSSR count). The Morgan fingerprint density at radius 1 is 1.09 bits per heavy atom. The molecule has 1 fully saturated rings. The topological polar surface area (TPSA) is 3.24 Å². The van der Waals surface area contributed by atoms with E-state index in [-0.39, 0.29) is 0 Å². The molecule has 1 nitrogen and oxygen atoms in total. The van der Waals surface area contributed by atoms with Crippen molar-refractivity contribution >= 4 is 0 Å². The van der Waals surface area contributed by atoms with Gasteiger partial charge in [-0.2, -0.15) is 0 Å². The van der Waals surface area contributed by atoms with E-state index in [0.29, 0.717) is 0 Å². The van der Waals surface area contributed by atoms with Crippen molar-refractivity contribution in [2.45, 2.75) is 65.1 Å². The van der Waals surface area contributed by atoms with Crippen LogP contribution in [0.15, 0.2) is 0 Å². The van der Waals surface area contributed by atoms with Crippen molar-refractivity contribution in [1.82, 2.24) is 4.90 Å². The van der Waals surface area contributed by atoms with E-state index in [9.17, 15) is 0 Å². The van der Waals surface area contributed by atoms with Crippen LogP contribution in [0.3, 0.4) is 0 Å². The van der Waals surface area contributed by atoms with E-state index >= 15 is 0 Å². The number of piperidine rings is 1. The van der Waals surface area contributed by atoms with Gasteiger partial charge in [0.05, 0.1) is 0 Å². The van der Waals surface area contributed by atoms with Crippen LogP contribution in [0.4, 0.5) is 0 Å². The number of rotatable bonds is 1. The van der Waals surface area contributed by atoms with Gasteiger partial charge in [0.1, 0.15) is 0 Å². The fraction of sp³-hybridized carbons (Fsp3) is 1.00. The summed E-state index contributed by atoms with van der Waals surface area (Å²) in [7, 11) is 0. The van der Waals surface area contributed by atoms with Gasteiger partial charge >= 0.3 is 0 Å². The van der Waals surface area contributed by atoms with Crippen molar-refractivity contribution in [2.24, 2.45) is 0 Å². The Labute approximate surface area is 70.8 Å². The van der Waals surface area contributed by atoms with Crippen LogP contribution in [0.5, 0.6) is 0 Å². The minimum Gasteiger partial charge on any atom is -0.296 e. The molecule has 0 aromatic rings. The molecule has 0 N–H and O–H groups in total. The standard InChI is InChI=1S/C10H21N/c1-8(2)11-9(3)6-5-7-10(11)4/h8-10H,5-7H2,1-4H3/t9-,10-/m0/s1. The Balaban J connectivity index is 2.55. The molecule has 11 heavy (non-hydrogen) atoms. The largest absolute Gasteiger partial charge is 0.296 e. The normalized spacial score (nSPS) is 34.6. The van der Waals surface area contributed by atoms with Gasteiger partial charge in [-0.1, -0.05) is 6.42 Å². The molecule has 0 amide bonds. The van der Waals surface area contributed by atoms with Gasteiger partial charge in [0.2, 0.25) is 0 Å². The molecule has 0 bridgehead atoms. The Hall–Kier alpha value is -0.0400. The molecule has 2 atom stereocenters. The SMILES string of the molecule is CC(C)N1[C@@H](C)CCC[C@@H]1C. The molecule has 0 unspecified atom stereocenters. The van der Waals surface area contributed by atoms with Gasteiger partial charge in [-0.05, 0) is 40.5 Å². The van der Waals surface area contributed by atoms with E-state index in [4.69, 9.17) is 0 Å². The maximum absolute atomic E-state index is 2.64. The second-order valence-corrected chi connectivity index (χ2v) is 4.17. The summed E-state index contributed by atoms with van der Waals surface area (Å²) in [5.41, 5.74) is 0. The van der Waals surface area contributed by atoms with Crippen LogP contribution in [0.2, 0.25) is 0 Å². The van der Waals surface area contributed by atoms with Crippen LogP contribution in [0, 0.1) is 0 Å². The van der Waals surface area contributed by atoms with E-state index in [0.717, 1.165) is 18.1 Å². The van der Waals surface area contributed by atoms with Gasteiger partial charge in [0.15, 0.2) is 0 Å². The highest BCUT2D eigenvalue weighted by atomic mass is 15.2. The fourth-order valence-electron chi connectivity index (χ4n) is 2.46. The highest BCUT2D eigenvalue weighted by Gasteiger charge is 2.26. The molecule has 0 radical (unpaired) electrons. The smallest absolute Gasteiger partial charge is 0.00724 e. The predicted octanol–water partition coefficient (Wildman–Crippen LogP) is 2.66. The molecule has 0 aliphatic carbocycles. The van der Waals surface area contributed by atoms with Crippen molar-refractivity contribution in [3.63, 3.8) is 0 Å². The van der Waals surface area contributed by atoms with Gasteiger partial charge in [0.25, 0.3) is 0 Å². The molecule has 0 aromatic carbocycles. The molecule has 1 aliphatic heterocycles. The van der Waals surface area contributed by atoms with E-state index in [2.05, 4.69) is 32.6 Å². The molecule has 1 heterocycles. The average molecular weight is 155 g/mol. The third-order valence-electron chi connectivity index (χ3n) is 2.86. The van der Waals surface area contributed by atoms with Gasteiger partial charge in [-0.15, -0.1) is 0 Å². The highest BCUT2D eigenvalue weighted by molar-refractivity contribution is 4.81. The molecule has 66 valence electrons. The van der Waals surface area contributed by atoms with E-state index in [1.165, 1.54) is 19.3 Å². The molecule has 1 heteroatoms. The number of likely N-dealkylation sites (tertiary alicyclic amines) is 1. The molecule has 0 aromatic heterocycles. The quantitative estimate of drug-likeness (QED) is 0.562. The lowest BCUT2D eigenvalue weighted by atomic mass is 9.96. The number of nitrogens with zero attached hydrogens (tertiary/aromatic N) is 1. The summed E-state index contributed by atoms with van der Waals surface area (Å²) < 4.78 is 0. The molecule has 0 saturated carbocycles. The average Bonchev–Trinajstić information content (AvgIpc) is 1.85. The monoisotopic (exact) mass is 155 g/mol. The summed E-state index contributed by atoms with van der Waals surface area (Å²) in [6.07, 6.45) is 4.20. The molecule has 1 aliphatic rings. The van der Waals surface area contributed by atoms with Gasteiger partial charge in [0, 0.05) is 18.1 Å². The van der Waals surface area contributed by atoms with Crippen molar-refractivity contribution < 1.29 is 0 Å². The Morgan fingerprint density at radius 3 is 1.82 bits per heavy atom. The van der Waals surface area contributed by atoms with Crippen molar-refractivity contribution in [3.8, 4) is 0 Å². The summed E-state index contributed by atoms with van der Waals surface area (Å²) in [5.74, 6) is 0. The Morgan fingerprint density at radius 2 is 1.55 bits per heavy atom. The third kappa shape index (κ3) is 1.96. The summed E-state index contributed by atoms with van der Waals surface area (Å²) in [4.78, 5) is 2.64. The minimum atomic E-state index is 0.722. The lowest BCUT2D eigenvalue weighted by Crippen LogP contribution is -2.47. The Bertz CT molecular complexity index is 110. The van der Waals surface area contributed by atoms with Gasteiger partial charge in [-0.3, -0.25) is 4.90 Å². The molecular weight excluding hydrogens is 134 g/mol. The van der Waals surface area contributed by atoms with Crippen LogP contribution in [-0.2, 0) is 0 Å². The predicted molar refractivity (Wildman–Crippen MR) is 49.8 cm³/mol. The number of hydrogen-bond acceptors (Lipinski definition) is 1. The van der Waals surface area contributed by atoms with E-state index in [1.807, 2.05) is 0 Å². The second kappa shape index (κ2) is 3.57. The third-order valence-corrected chi connectivity index (χ3v) is 2.86. The first kappa shape index (κ1) is 9.05.